The van der Waals surface area contributed by atoms with Gasteiger partial charge in [-0.2, -0.15) is 0 Å². The second-order valence-electron chi connectivity index (χ2n) is 25.9. The van der Waals surface area contributed by atoms with E-state index in [4.69, 9.17) is 11.5 Å². The number of nitrogens with two attached hydrogens (primary N) is 2. The van der Waals surface area contributed by atoms with Crippen molar-refractivity contribution in [3.05, 3.63) is 65.7 Å². The zero-order valence-corrected chi connectivity index (χ0v) is 58.8. The smallest absolute Gasteiger partial charge is 0.325 e. The number of rotatable bonds is 46. The first-order valence-corrected chi connectivity index (χ1v) is 33.6. The number of phenolic OH excluding ortho intramolecular Hbond substituents is 1. The summed E-state index contributed by atoms with van der Waals surface area (Å²) in [5.74, 6) is -17.5. The lowest BCUT2D eigenvalue weighted by atomic mass is 9.97. The average molecular weight is 1430 g/mol. The molecule has 0 heterocycles. The summed E-state index contributed by atoms with van der Waals surface area (Å²) in [5, 5.41) is 78.9. The molecule has 0 aromatic heterocycles. The highest BCUT2D eigenvalue weighted by atomic mass is 16.4. The lowest BCUT2D eigenvalue weighted by Gasteiger charge is -2.28. The highest BCUT2D eigenvalue weighted by Crippen LogP contribution is 2.16. The molecule has 0 unspecified atom stereocenters. The maximum atomic E-state index is 14.6. The van der Waals surface area contributed by atoms with Crippen LogP contribution in [0, 0.1) is 23.7 Å². The third kappa shape index (κ3) is 31.9. The van der Waals surface area contributed by atoms with Crippen molar-refractivity contribution in [3.8, 4) is 5.75 Å². The summed E-state index contributed by atoms with van der Waals surface area (Å²) in [6.45, 7) is 14.3. The Morgan fingerprint density at radius 1 is 0.436 bits per heavy atom. The monoisotopic (exact) mass is 1420 g/mol. The van der Waals surface area contributed by atoms with E-state index in [1.807, 2.05) is 0 Å². The number of nitrogens with one attached hydrogen (secondary N) is 12. The van der Waals surface area contributed by atoms with Crippen LogP contribution < -0.4 is 75.3 Å². The zero-order valence-electron chi connectivity index (χ0n) is 58.8. The molecule has 562 valence electrons. The summed E-state index contributed by atoms with van der Waals surface area (Å²) in [6, 6.07) is -3.86. The summed E-state index contributed by atoms with van der Waals surface area (Å²) >= 11 is 0. The molecular weight excluding hydrogens is 1320 g/mol. The third-order valence-corrected chi connectivity index (χ3v) is 16.2. The summed E-state index contributed by atoms with van der Waals surface area (Å²) < 4.78 is 0. The first-order valence-electron chi connectivity index (χ1n) is 33.6. The van der Waals surface area contributed by atoms with Crippen molar-refractivity contribution in [1.29, 1.82) is 0 Å². The first kappa shape index (κ1) is 87.3. The van der Waals surface area contributed by atoms with Crippen LogP contribution >= 0.6 is 0 Å². The number of carboxylic acid groups (broad SMARTS) is 3. The van der Waals surface area contributed by atoms with Crippen LogP contribution in [0.4, 0.5) is 0 Å². The molecule has 2 rings (SSSR count). The highest BCUT2D eigenvalue weighted by molar-refractivity contribution is 6.00. The fraction of sp³-hybridized carbons (Fsp3) is 0.597. The molecule has 0 aliphatic heterocycles. The average Bonchev–Trinajstić information content (AvgIpc) is 0.858. The SMILES string of the molecule is CC[C@H](C)[C@H](NC(=O)[C@H](C)NC(=O)[C@@H](N)C(C)C)C(=O)N[C@@H](CCCCN)C(=O)NCC(=O)N[C@H](C(=O)N[C@@H](CCC(=O)O)C(=O)N[C@@H](CO)C(=O)N[C@@H](CCC(=O)O)C(=O)N[C@@H](Cc1ccccc1)C(=O)N[C@@H](Cc1ccc(O)cc1)C(=O)N[C@@H](CC(C)C)C(=O)N[C@@H](C)C(=O)O)C(C)C. The summed E-state index contributed by atoms with van der Waals surface area (Å²) in [7, 11) is 0. The summed E-state index contributed by atoms with van der Waals surface area (Å²) in [6.07, 6.45) is -2.21. The number of aliphatic carboxylic acids is 3. The van der Waals surface area contributed by atoms with E-state index in [0.717, 1.165) is 0 Å². The molecule has 0 spiro atoms. The van der Waals surface area contributed by atoms with E-state index < -0.39 is 212 Å². The van der Waals surface area contributed by atoms with Gasteiger partial charge in [0.2, 0.25) is 70.9 Å². The number of unbranched alkanes of at least 4 members (excludes halogenated alkanes) is 1. The van der Waals surface area contributed by atoms with Gasteiger partial charge in [-0.05, 0) is 106 Å². The van der Waals surface area contributed by atoms with Crippen LogP contribution in [0.1, 0.15) is 138 Å². The molecule has 2 aromatic rings. The number of carbonyl (C=O) groups is 15. The predicted molar refractivity (Wildman–Crippen MR) is 365 cm³/mol. The second-order valence-corrected chi connectivity index (χ2v) is 25.9. The fourth-order valence-corrected chi connectivity index (χ4v) is 9.84. The van der Waals surface area contributed by atoms with Crippen molar-refractivity contribution in [2.75, 3.05) is 19.7 Å². The van der Waals surface area contributed by atoms with Crippen LogP contribution in [0.15, 0.2) is 54.6 Å². The van der Waals surface area contributed by atoms with Crippen molar-refractivity contribution in [2.24, 2.45) is 35.1 Å². The number of carbonyl (C=O) groups excluding carboxylic acids is 12. The van der Waals surface area contributed by atoms with E-state index >= 15 is 0 Å². The first-order chi connectivity index (χ1) is 47.4. The molecule has 0 aliphatic carbocycles. The molecule has 21 N–H and O–H groups in total. The maximum absolute atomic E-state index is 14.6. The molecule has 0 fully saturated rings. The van der Waals surface area contributed by atoms with E-state index in [2.05, 4.69) is 63.8 Å². The van der Waals surface area contributed by atoms with E-state index in [9.17, 15) is 97.5 Å². The highest BCUT2D eigenvalue weighted by Gasteiger charge is 2.37. The van der Waals surface area contributed by atoms with Crippen molar-refractivity contribution >= 4 is 88.8 Å². The number of amides is 12. The Balaban J connectivity index is 2.43. The standard InChI is InChI=1S/C67H104N14O20/c1-11-37(8)55(81-56(89)38(9)71-64(97)53(69)35(4)5)66(99)74-43(19-15-16-28-68)57(90)70-32-50(84)80-54(36(6)7)65(98)75-45(25-27-52(87)88)59(92)79-49(33-82)63(96)73-44(24-26-51(85)86)58(91)77-47(30-40-17-13-12-14-18-40)62(95)78-48(31-41-20-22-42(83)23-21-41)61(94)76-46(29-34(2)3)60(93)72-39(10)67(100)101/h12-14,17-18,20-23,34-39,43-49,53-55,82-83H,11,15-16,19,24-33,68-69H2,1-10H3,(H,70,90)(H,71,97)(H,72,93)(H,73,96)(H,74,99)(H,75,98)(H,76,94)(H,77,91)(H,78,95)(H,79,92)(H,80,84)(H,81,89)(H,85,86)(H,87,88)(H,100,101)/t37-,38-,39-,43-,44-,45-,46-,47-,48-,49-,53-,54-,55-/m0/s1. The minimum absolute atomic E-state index is 0.0216. The van der Waals surface area contributed by atoms with Gasteiger partial charge in [-0.15, -0.1) is 0 Å². The zero-order chi connectivity index (χ0) is 76.4. The Kier molecular flexibility index (Phi) is 38.3. The molecule has 2 aromatic carbocycles. The number of hydrogen-bond acceptors (Lipinski definition) is 19. The van der Waals surface area contributed by atoms with E-state index in [-0.39, 0.29) is 49.8 Å². The number of aliphatic hydroxyl groups excluding tert-OH is 1. The maximum Gasteiger partial charge on any atom is 0.325 e. The molecule has 12 amide bonds. The van der Waals surface area contributed by atoms with Gasteiger partial charge in [0.05, 0.1) is 19.2 Å². The van der Waals surface area contributed by atoms with Crippen LogP contribution in [0.25, 0.3) is 0 Å². The molecule has 34 heteroatoms. The Labute approximate surface area is 586 Å². The van der Waals surface area contributed by atoms with Crippen LogP contribution in [0.3, 0.4) is 0 Å². The minimum atomic E-state index is -2.01. The van der Waals surface area contributed by atoms with Gasteiger partial charge in [-0.25, -0.2) is 0 Å². The van der Waals surface area contributed by atoms with Crippen molar-refractivity contribution in [1.82, 2.24) is 63.8 Å². The molecule has 13 atom stereocenters. The van der Waals surface area contributed by atoms with E-state index in [0.29, 0.717) is 30.4 Å². The Bertz CT molecular complexity index is 3140. The van der Waals surface area contributed by atoms with E-state index in [1.54, 1.807) is 71.9 Å². The van der Waals surface area contributed by atoms with Crippen LogP contribution in [0.2, 0.25) is 0 Å². The van der Waals surface area contributed by atoms with Crippen LogP contribution in [-0.2, 0) is 84.8 Å². The second kappa shape index (κ2) is 44.3. The normalized spacial score (nSPS) is 15.0. The Morgan fingerprint density at radius 2 is 0.871 bits per heavy atom. The fourth-order valence-electron chi connectivity index (χ4n) is 9.84. The molecular formula is C67H104N14O20. The van der Waals surface area contributed by atoms with Gasteiger partial charge in [-0.3, -0.25) is 71.9 Å². The predicted octanol–water partition coefficient (Wildman–Crippen LogP) is -2.67. The largest absolute Gasteiger partial charge is 0.508 e. The lowest BCUT2D eigenvalue weighted by Crippen LogP contribution is -2.61. The van der Waals surface area contributed by atoms with Crippen LogP contribution in [0.5, 0.6) is 5.75 Å². The lowest BCUT2D eigenvalue weighted by molar-refractivity contribution is -0.142. The van der Waals surface area contributed by atoms with Gasteiger partial charge in [0.15, 0.2) is 0 Å². The number of benzene rings is 2. The number of aliphatic hydroxyl groups is 1. The molecule has 0 aliphatic rings. The van der Waals surface area contributed by atoms with Gasteiger partial charge in [-0.1, -0.05) is 104 Å². The van der Waals surface area contributed by atoms with Gasteiger partial charge in [0, 0.05) is 25.7 Å². The third-order valence-electron chi connectivity index (χ3n) is 16.2. The van der Waals surface area contributed by atoms with Crippen LogP contribution in [-0.4, -0.2) is 207 Å². The minimum Gasteiger partial charge on any atom is -0.508 e. The number of phenols is 1. The molecule has 34 nitrogen and oxygen atoms in total. The van der Waals surface area contributed by atoms with Crippen molar-refractivity contribution < 1.29 is 97.5 Å². The topological polar surface area (TPSA) is 554 Å². The molecule has 0 saturated heterocycles. The van der Waals surface area contributed by atoms with Gasteiger partial charge < -0.3 is 101 Å². The molecule has 0 bridgehead atoms. The van der Waals surface area contributed by atoms with Crippen molar-refractivity contribution in [2.45, 2.75) is 212 Å². The number of hydrogen-bond donors (Lipinski definition) is 19. The van der Waals surface area contributed by atoms with E-state index in [1.165, 1.54) is 52.0 Å². The van der Waals surface area contributed by atoms with Gasteiger partial charge in [0.1, 0.15) is 72.2 Å². The molecule has 101 heavy (non-hydrogen) atoms. The molecule has 0 radical (unpaired) electrons. The molecule has 0 saturated carbocycles. The number of carboxylic acids is 3. The summed E-state index contributed by atoms with van der Waals surface area (Å²) in [4.78, 5) is 201. The van der Waals surface area contributed by atoms with Gasteiger partial charge >= 0.3 is 17.9 Å². The Hall–Kier alpha value is -9.83. The summed E-state index contributed by atoms with van der Waals surface area (Å²) in [5.41, 5.74) is 12.5. The number of aromatic hydroxyl groups is 1. The Morgan fingerprint density at radius 3 is 1.34 bits per heavy atom. The van der Waals surface area contributed by atoms with Crippen molar-refractivity contribution in [3.63, 3.8) is 0 Å². The van der Waals surface area contributed by atoms with Gasteiger partial charge in [0.25, 0.3) is 0 Å². The quantitative estimate of drug-likeness (QED) is 0.0301.